The third-order valence-corrected chi connectivity index (χ3v) is 4.55. The van der Waals surface area contributed by atoms with Crippen molar-refractivity contribution in [1.29, 1.82) is 0 Å². The SMILES string of the molecule is CCCc1nc(C(=O)N2CCCC(N3CCCC3)C2)n[nH]1. The van der Waals surface area contributed by atoms with E-state index in [-0.39, 0.29) is 5.91 Å². The van der Waals surface area contributed by atoms with Gasteiger partial charge in [-0.1, -0.05) is 6.92 Å². The first-order valence-corrected chi connectivity index (χ1v) is 8.22. The molecule has 116 valence electrons. The number of amides is 1. The van der Waals surface area contributed by atoms with E-state index in [9.17, 15) is 4.79 Å². The molecule has 21 heavy (non-hydrogen) atoms. The summed E-state index contributed by atoms with van der Waals surface area (Å²) in [4.78, 5) is 21.3. The highest BCUT2D eigenvalue weighted by atomic mass is 16.2. The van der Waals surface area contributed by atoms with E-state index in [0.717, 1.165) is 38.2 Å². The van der Waals surface area contributed by atoms with Crippen LogP contribution in [0.4, 0.5) is 0 Å². The molecular weight excluding hydrogens is 266 g/mol. The van der Waals surface area contributed by atoms with Crippen molar-refractivity contribution in [3.05, 3.63) is 11.6 Å². The molecule has 6 nitrogen and oxygen atoms in total. The van der Waals surface area contributed by atoms with Crippen LogP contribution in [0.2, 0.25) is 0 Å². The average Bonchev–Trinajstić information content (AvgIpc) is 3.18. The van der Waals surface area contributed by atoms with Gasteiger partial charge in [0.05, 0.1) is 0 Å². The molecule has 3 heterocycles. The van der Waals surface area contributed by atoms with E-state index in [1.54, 1.807) is 0 Å². The van der Waals surface area contributed by atoms with Crippen LogP contribution in [-0.4, -0.2) is 63.1 Å². The molecule has 0 spiro atoms. The maximum atomic E-state index is 12.5. The van der Waals surface area contributed by atoms with E-state index >= 15 is 0 Å². The first kappa shape index (κ1) is 14.5. The second-order valence-corrected chi connectivity index (χ2v) is 6.15. The van der Waals surface area contributed by atoms with Gasteiger partial charge in [0, 0.05) is 25.6 Å². The summed E-state index contributed by atoms with van der Waals surface area (Å²) < 4.78 is 0. The average molecular weight is 291 g/mol. The molecule has 0 aromatic carbocycles. The zero-order valence-electron chi connectivity index (χ0n) is 12.8. The van der Waals surface area contributed by atoms with Crippen LogP contribution in [0.5, 0.6) is 0 Å². The largest absolute Gasteiger partial charge is 0.334 e. The van der Waals surface area contributed by atoms with E-state index in [2.05, 4.69) is 27.0 Å². The smallest absolute Gasteiger partial charge is 0.293 e. The van der Waals surface area contributed by atoms with Crippen molar-refractivity contribution in [2.45, 2.75) is 51.5 Å². The van der Waals surface area contributed by atoms with Gasteiger partial charge in [0.1, 0.15) is 5.82 Å². The van der Waals surface area contributed by atoms with Gasteiger partial charge in [-0.3, -0.25) is 14.8 Å². The first-order valence-electron chi connectivity index (χ1n) is 8.22. The van der Waals surface area contributed by atoms with Crippen LogP contribution in [-0.2, 0) is 6.42 Å². The number of aromatic nitrogens is 3. The summed E-state index contributed by atoms with van der Waals surface area (Å²) in [7, 11) is 0. The van der Waals surface area contributed by atoms with Gasteiger partial charge in [-0.25, -0.2) is 4.98 Å². The van der Waals surface area contributed by atoms with Gasteiger partial charge >= 0.3 is 0 Å². The third-order valence-electron chi connectivity index (χ3n) is 4.55. The van der Waals surface area contributed by atoms with Gasteiger partial charge in [0.2, 0.25) is 5.82 Å². The van der Waals surface area contributed by atoms with Crippen molar-refractivity contribution in [2.75, 3.05) is 26.2 Å². The number of hydrogen-bond acceptors (Lipinski definition) is 4. The highest BCUT2D eigenvalue weighted by Gasteiger charge is 2.30. The lowest BCUT2D eigenvalue weighted by Gasteiger charge is -2.37. The topological polar surface area (TPSA) is 65.1 Å². The van der Waals surface area contributed by atoms with Crippen LogP contribution in [0, 0.1) is 0 Å². The number of rotatable bonds is 4. The third kappa shape index (κ3) is 3.26. The Morgan fingerprint density at radius 3 is 2.86 bits per heavy atom. The maximum absolute atomic E-state index is 12.5. The Morgan fingerprint density at radius 1 is 1.29 bits per heavy atom. The molecule has 2 saturated heterocycles. The minimum atomic E-state index is -0.0162. The number of likely N-dealkylation sites (tertiary alicyclic amines) is 2. The van der Waals surface area contributed by atoms with Crippen molar-refractivity contribution in [3.8, 4) is 0 Å². The lowest BCUT2D eigenvalue weighted by atomic mass is 10.0. The van der Waals surface area contributed by atoms with E-state index in [1.165, 1.54) is 32.4 Å². The molecule has 0 aliphatic carbocycles. The number of H-pyrrole nitrogens is 1. The molecule has 1 N–H and O–H groups in total. The van der Waals surface area contributed by atoms with Crippen LogP contribution in [0.25, 0.3) is 0 Å². The zero-order valence-corrected chi connectivity index (χ0v) is 12.8. The standard InChI is InChI=1S/C15H25N5O/c1-2-6-13-16-14(18-17-13)15(21)20-10-5-7-12(11-20)19-8-3-4-9-19/h12H,2-11H2,1H3,(H,16,17,18). The van der Waals surface area contributed by atoms with Crippen LogP contribution >= 0.6 is 0 Å². The molecule has 2 aliphatic heterocycles. The molecule has 0 radical (unpaired) electrons. The van der Waals surface area contributed by atoms with Crippen molar-refractivity contribution >= 4 is 5.91 Å². The fraction of sp³-hybridized carbons (Fsp3) is 0.800. The summed E-state index contributed by atoms with van der Waals surface area (Å²) in [6.45, 7) is 6.13. The Bertz CT molecular complexity index is 480. The Hall–Kier alpha value is -1.43. The Labute approximate surface area is 125 Å². The molecule has 3 rings (SSSR count). The van der Waals surface area contributed by atoms with Crippen molar-refractivity contribution in [1.82, 2.24) is 25.0 Å². The van der Waals surface area contributed by atoms with Crippen molar-refractivity contribution < 1.29 is 4.79 Å². The summed E-state index contributed by atoms with van der Waals surface area (Å²) in [5, 5.41) is 6.97. The number of aryl methyl sites for hydroxylation is 1. The Kier molecular flexibility index (Phi) is 4.53. The highest BCUT2D eigenvalue weighted by molar-refractivity contribution is 5.90. The molecule has 1 aromatic heterocycles. The fourth-order valence-electron chi connectivity index (χ4n) is 3.42. The number of nitrogens with one attached hydrogen (secondary N) is 1. The van der Waals surface area contributed by atoms with Crippen LogP contribution in [0.3, 0.4) is 0 Å². The molecule has 0 saturated carbocycles. The number of aromatic amines is 1. The van der Waals surface area contributed by atoms with Crippen molar-refractivity contribution in [2.24, 2.45) is 0 Å². The molecule has 0 bridgehead atoms. The Balaban J connectivity index is 1.62. The molecule has 2 aliphatic rings. The fourth-order valence-corrected chi connectivity index (χ4v) is 3.42. The maximum Gasteiger partial charge on any atom is 0.293 e. The molecule has 1 amide bonds. The molecular formula is C15H25N5O. The zero-order chi connectivity index (χ0) is 14.7. The van der Waals surface area contributed by atoms with Crippen LogP contribution in [0.1, 0.15) is 55.5 Å². The van der Waals surface area contributed by atoms with E-state index < -0.39 is 0 Å². The molecule has 6 heteroatoms. The summed E-state index contributed by atoms with van der Waals surface area (Å²) in [5.74, 6) is 1.13. The van der Waals surface area contributed by atoms with Gasteiger partial charge in [-0.2, -0.15) is 0 Å². The number of nitrogens with zero attached hydrogens (tertiary/aromatic N) is 4. The molecule has 1 atom stereocenters. The van der Waals surface area contributed by atoms with Gasteiger partial charge in [0.15, 0.2) is 0 Å². The van der Waals surface area contributed by atoms with E-state index in [4.69, 9.17) is 0 Å². The van der Waals surface area contributed by atoms with Crippen molar-refractivity contribution in [3.63, 3.8) is 0 Å². The van der Waals surface area contributed by atoms with Crippen LogP contribution < -0.4 is 0 Å². The number of hydrogen-bond donors (Lipinski definition) is 1. The lowest BCUT2D eigenvalue weighted by molar-refractivity contribution is 0.0596. The minimum absolute atomic E-state index is 0.0162. The van der Waals surface area contributed by atoms with E-state index in [0.29, 0.717) is 11.9 Å². The number of carbonyl (C=O) groups excluding carboxylic acids is 1. The number of piperidine rings is 1. The van der Waals surface area contributed by atoms with E-state index in [1.807, 2.05) is 4.90 Å². The predicted octanol–water partition coefficient (Wildman–Crippen LogP) is 1.46. The second-order valence-electron chi connectivity index (χ2n) is 6.15. The molecule has 1 aromatic rings. The normalized spacial score (nSPS) is 23.7. The summed E-state index contributed by atoms with van der Waals surface area (Å²) in [6.07, 6.45) is 6.73. The van der Waals surface area contributed by atoms with Gasteiger partial charge in [-0.15, -0.1) is 5.10 Å². The first-order chi connectivity index (χ1) is 10.3. The lowest BCUT2D eigenvalue weighted by Crippen LogP contribution is -2.49. The highest BCUT2D eigenvalue weighted by Crippen LogP contribution is 2.21. The monoisotopic (exact) mass is 291 g/mol. The molecule has 2 fully saturated rings. The number of carbonyl (C=O) groups is 1. The summed E-state index contributed by atoms with van der Waals surface area (Å²) in [6, 6.07) is 0.527. The quantitative estimate of drug-likeness (QED) is 0.912. The minimum Gasteiger partial charge on any atom is -0.334 e. The van der Waals surface area contributed by atoms with Gasteiger partial charge < -0.3 is 4.90 Å². The predicted molar refractivity (Wildman–Crippen MR) is 80.1 cm³/mol. The summed E-state index contributed by atoms with van der Waals surface area (Å²) in [5.41, 5.74) is 0. The molecule has 1 unspecified atom stereocenters. The second kappa shape index (κ2) is 6.56. The van der Waals surface area contributed by atoms with Gasteiger partial charge in [0.25, 0.3) is 5.91 Å². The van der Waals surface area contributed by atoms with Crippen LogP contribution in [0.15, 0.2) is 0 Å². The van der Waals surface area contributed by atoms with Gasteiger partial charge in [-0.05, 0) is 45.2 Å². The summed E-state index contributed by atoms with van der Waals surface area (Å²) >= 11 is 0. The Morgan fingerprint density at radius 2 is 2.10 bits per heavy atom.